The first-order chi connectivity index (χ1) is 4.77. The third-order valence-electron chi connectivity index (χ3n) is 1.22. The van der Waals surface area contributed by atoms with Crippen molar-refractivity contribution in [1.82, 2.24) is 0 Å². The summed E-state index contributed by atoms with van der Waals surface area (Å²) in [5, 5.41) is 8.44. The van der Waals surface area contributed by atoms with Crippen LogP contribution >= 0.6 is 0 Å². The van der Waals surface area contributed by atoms with E-state index in [-0.39, 0.29) is 5.41 Å². The molecule has 0 aliphatic rings. The van der Waals surface area contributed by atoms with Crippen LogP contribution in [0.25, 0.3) is 0 Å². The lowest BCUT2D eigenvalue weighted by molar-refractivity contribution is -0.297. The average Bonchev–Trinajstić information content (AvgIpc) is 1.83. The van der Waals surface area contributed by atoms with E-state index in [1.807, 2.05) is 12.2 Å². The normalized spacial score (nSPS) is 14.4. The van der Waals surface area contributed by atoms with E-state index < -0.39 is 5.60 Å². The Bertz CT molecular complexity index is 140. The fourth-order valence-electron chi connectivity index (χ4n) is 0.481. The van der Waals surface area contributed by atoms with Crippen molar-refractivity contribution < 1.29 is 10.1 Å². The topological polar surface area (TPSA) is 29.5 Å². The molecule has 0 bridgehead atoms. The van der Waals surface area contributed by atoms with Gasteiger partial charge in [-0.3, -0.25) is 5.26 Å². The van der Waals surface area contributed by atoms with Crippen LogP contribution in [0, 0.1) is 5.41 Å². The summed E-state index contributed by atoms with van der Waals surface area (Å²) in [6.07, 6.45) is 3.87. The molecule has 0 fully saturated rings. The van der Waals surface area contributed by atoms with Gasteiger partial charge in [-0.1, -0.05) is 32.9 Å². The van der Waals surface area contributed by atoms with Crippen LogP contribution in [0.2, 0.25) is 0 Å². The molecule has 0 aromatic heterocycles. The first-order valence-electron chi connectivity index (χ1n) is 3.80. The van der Waals surface area contributed by atoms with Crippen molar-refractivity contribution >= 4 is 0 Å². The van der Waals surface area contributed by atoms with Crippen LogP contribution in [0.4, 0.5) is 0 Å². The highest BCUT2D eigenvalue weighted by Gasteiger charge is 2.15. The Morgan fingerprint density at radius 1 is 1.00 bits per heavy atom. The molecule has 1 N–H and O–H groups in total. The fourth-order valence-corrected chi connectivity index (χ4v) is 0.481. The molecule has 2 heteroatoms. The van der Waals surface area contributed by atoms with E-state index >= 15 is 0 Å². The predicted molar refractivity (Wildman–Crippen MR) is 46.4 cm³/mol. The number of hydrogen-bond acceptors (Lipinski definition) is 2. The van der Waals surface area contributed by atoms with E-state index in [2.05, 4.69) is 25.7 Å². The molecular formula is C9H18O2. The van der Waals surface area contributed by atoms with Gasteiger partial charge in [0.05, 0.1) is 0 Å². The maximum Gasteiger partial charge on any atom is 0.116 e. The van der Waals surface area contributed by atoms with Crippen molar-refractivity contribution in [2.75, 3.05) is 0 Å². The van der Waals surface area contributed by atoms with Crippen LogP contribution in [0.1, 0.15) is 34.6 Å². The quantitative estimate of drug-likeness (QED) is 0.380. The third-order valence-corrected chi connectivity index (χ3v) is 1.22. The average molecular weight is 158 g/mol. The summed E-state index contributed by atoms with van der Waals surface area (Å²) < 4.78 is 0. The second-order valence-electron chi connectivity index (χ2n) is 4.39. The van der Waals surface area contributed by atoms with Gasteiger partial charge in [-0.2, -0.15) is 0 Å². The fraction of sp³-hybridized carbons (Fsp3) is 0.778. The smallest absolute Gasteiger partial charge is 0.116 e. The molecule has 0 aliphatic carbocycles. The van der Waals surface area contributed by atoms with Crippen molar-refractivity contribution in [3.05, 3.63) is 12.2 Å². The molecule has 0 aromatic carbocycles. The van der Waals surface area contributed by atoms with E-state index in [1.54, 1.807) is 13.8 Å². The zero-order valence-corrected chi connectivity index (χ0v) is 8.01. The van der Waals surface area contributed by atoms with E-state index in [0.29, 0.717) is 0 Å². The van der Waals surface area contributed by atoms with E-state index in [4.69, 9.17) is 5.26 Å². The Morgan fingerprint density at radius 3 is 1.73 bits per heavy atom. The molecule has 0 aliphatic heterocycles. The largest absolute Gasteiger partial charge is 0.251 e. The van der Waals surface area contributed by atoms with Crippen molar-refractivity contribution in [3.63, 3.8) is 0 Å². The Kier molecular flexibility index (Phi) is 3.27. The standard InChI is InChI=1S/C9H18O2/c1-8(2,3)6-7-9(4,5)11-10/h6-7,10H,1-5H3/b7-6-. The Labute approximate surface area is 68.8 Å². The molecule has 0 aromatic rings. The molecule has 0 rings (SSSR count). The summed E-state index contributed by atoms with van der Waals surface area (Å²) in [7, 11) is 0. The van der Waals surface area contributed by atoms with Gasteiger partial charge in [0, 0.05) is 0 Å². The minimum absolute atomic E-state index is 0.135. The second kappa shape index (κ2) is 3.37. The highest BCUT2D eigenvalue weighted by molar-refractivity contribution is 5.01. The summed E-state index contributed by atoms with van der Waals surface area (Å²) in [6, 6.07) is 0. The summed E-state index contributed by atoms with van der Waals surface area (Å²) >= 11 is 0. The molecule has 0 radical (unpaired) electrons. The van der Waals surface area contributed by atoms with Gasteiger partial charge in [0.1, 0.15) is 5.60 Å². The van der Waals surface area contributed by atoms with Gasteiger partial charge in [0.15, 0.2) is 0 Å². The highest BCUT2D eigenvalue weighted by Crippen LogP contribution is 2.18. The minimum atomic E-state index is -0.576. The first-order valence-corrected chi connectivity index (χ1v) is 3.80. The molecule has 0 saturated heterocycles. The van der Waals surface area contributed by atoms with Crippen LogP contribution in [0.15, 0.2) is 12.2 Å². The maximum atomic E-state index is 8.44. The van der Waals surface area contributed by atoms with Gasteiger partial charge in [-0.15, -0.1) is 0 Å². The molecule has 0 heterocycles. The van der Waals surface area contributed by atoms with Crippen LogP contribution in [0.3, 0.4) is 0 Å². The van der Waals surface area contributed by atoms with Crippen LogP contribution in [0.5, 0.6) is 0 Å². The van der Waals surface area contributed by atoms with E-state index in [9.17, 15) is 0 Å². The maximum absolute atomic E-state index is 8.44. The summed E-state index contributed by atoms with van der Waals surface area (Å²) in [5.74, 6) is 0. The second-order valence-corrected chi connectivity index (χ2v) is 4.39. The summed E-state index contributed by atoms with van der Waals surface area (Å²) in [5.41, 5.74) is -0.441. The van der Waals surface area contributed by atoms with Gasteiger partial charge in [0.2, 0.25) is 0 Å². The molecular weight excluding hydrogens is 140 g/mol. The molecule has 66 valence electrons. The van der Waals surface area contributed by atoms with E-state index in [0.717, 1.165) is 0 Å². The van der Waals surface area contributed by atoms with Crippen LogP contribution < -0.4 is 0 Å². The number of rotatable bonds is 2. The van der Waals surface area contributed by atoms with Crippen molar-refractivity contribution in [2.24, 2.45) is 5.41 Å². The monoisotopic (exact) mass is 158 g/mol. The van der Waals surface area contributed by atoms with Crippen LogP contribution in [-0.4, -0.2) is 10.9 Å². The molecule has 2 nitrogen and oxygen atoms in total. The Balaban J connectivity index is 4.13. The lowest BCUT2D eigenvalue weighted by Gasteiger charge is -2.18. The molecule has 0 spiro atoms. The minimum Gasteiger partial charge on any atom is -0.251 e. The lowest BCUT2D eigenvalue weighted by Crippen LogP contribution is -2.19. The zero-order chi connectivity index (χ0) is 9.12. The van der Waals surface area contributed by atoms with E-state index in [1.165, 1.54) is 0 Å². The SMILES string of the molecule is CC(C)(C)/C=C\C(C)(C)OO. The van der Waals surface area contributed by atoms with Gasteiger partial charge in [-0.25, -0.2) is 4.89 Å². The predicted octanol–water partition coefficient (Wildman–Crippen LogP) is 2.86. The van der Waals surface area contributed by atoms with Crippen LogP contribution in [-0.2, 0) is 4.89 Å². The molecule has 0 unspecified atom stereocenters. The molecule has 0 amide bonds. The molecule has 0 saturated carbocycles. The van der Waals surface area contributed by atoms with Gasteiger partial charge >= 0.3 is 0 Å². The zero-order valence-electron chi connectivity index (χ0n) is 8.01. The Morgan fingerprint density at radius 2 is 1.45 bits per heavy atom. The third kappa shape index (κ3) is 6.07. The number of allylic oxidation sites excluding steroid dienone is 1. The van der Waals surface area contributed by atoms with Gasteiger partial charge in [-0.05, 0) is 19.3 Å². The Hall–Kier alpha value is -0.340. The molecule has 0 atom stereocenters. The number of hydrogen-bond donors (Lipinski definition) is 1. The molecule has 11 heavy (non-hydrogen) atoms. The van der Waals surface area contributed by atoms with Crippen molar-refractivity contribution in [2.45, 2.75) is 40.2 Å². The highest BCUT2D eigenvalue weighted by atomic mass is 17.1. The van der Waals surface area contributed by atoms with Crippen molar-refractivity contribution in [3.8, 4) is 0 Å². The summed E-state index contributed by atoms with van der Waals surface area (Å²) in [4.78, 5) is 4.25. The van der Waals surface area contributed by atoms with Gasteiger partial charge in [0.25, 0.3) is 0 Å². The van der Waals surface area contributed by atoms with Crippen molar-refractivity contribution in [1.29, 1.82) is 0 Å². The lowest BCUT2D eigenvalue weighted by atomic mass is 9.94. The van der Waals surface area contributed by atoms with Gasteiger partial charge < -0.3 is 0 Å². The first kappa shape index (κ1) is 10.7. The summed E-state index contributed by atoms with van der Waals surface area (Å²) in [6.45, 7) is 9.88.